The Bertz CT molecular complexity index is 933. The summed E-state index contributed by atoms with van der Waals surface area (Å²) in [5.41, 5.74) is 3.18. The Hall–Kier alpha value is -3.22. The molecule has 25 heavy (non-hydrogen) atoms. The fourth-order valence-electron chi connectivity index (χ4n) is 2.38. The number of benzene rings is 1. The van der Waals surface area contributed by atoms with Crippen molar-refractivity contribution in [2.45, 2.75) is 27.7 Å². The minimum absolute atomic E-state index is 0.274. The van der Waals surface area contributed by atoms with Crippen LogP contribution in [0.1, 0.15) is 33.2 Å². The molecule has 0 saturated carbocycles. The number of anilines is 3. The van der Waals surface area contributed by atoms with Crippen LogP contribution >= 0.6 is 0 Å². The molecule has 7 heteroatoms. The van der Waals surface area contributed by atoms with Crippen LogP contribution in [0.3, 0.4) is 0 Å². The molecule has 3 aromatic rings. The normalized spacial score (nSPS) is 10.6. The number of aryl methyl sites for hydroxylation is 3. The number of amides is 1. The van der Waals surface area contributed by atoms with Crippen LogP contribution in [0.5, 0.6) is 0 Å². The van der Waals surface area contributed by atoms with Crippen molar-refractivity contribution in [3.63, 3.8) is 0 Å². The molecule has 3 rings (SSSR count). The number of aromatic nitrogens is 3. The molecular weight excluding hydrogens is 318 g/mol. The summed E-state index contributed by atoms with van der Waals surface area (Å²) < 4.78 is 5.01. The lowest BCUT2D eigenvalue weighted by molar-refractivity contribution is 0.102. The van der Waals surface area contributed by atoms with E-state index >= 15 is 0 Å². The topological polar surface area (TPSA) is 92.9 Å². The molecule has 2 heterocycles. The van der Waals surface area contributed by atoms with Gasteiger partial charge in [0.2, 0.25) is 0 Å². The van der Waals surface area contributed by atoms with Crippen LogP contribution in [-0.4, -0.2) is 21.0 Å². The van der Waals surface area contributed by atoms with Crippen LogP contribution in [0.2, 0.25) is 0 Å². The van der Waals surface area contributed by atoms with E-state index in [1.54, 1.807) is 26.0 Å². The summed E-state index contributed by atoms with van der Waals surface area (Å²) in [6.45, 7) is 7.50. The highest BCUT2D eigenvalue weighted by Gasteiger charge is 2.13. The van der Waals surface area contributed by atoms with E-state index in [-0.39, 0.29) is 11.6 Å². The van der Waals surface area contributed by atoms with E-state index in [9.17, 15) is 4.79 Å². The molecule has 0 radical (unpaired) electrons. The number of nitrogens with zero attached hydrogens (tertiary/aromatic N) is 3. The van der Waals surface area contributed by atoms with Gasteiger partial charge in [0.25, 0.3) is 5.91 Å². The van der Waals surface area contributed by atoms with Gasteiger partial charge in [-0.05, 0) is 44.9 Å². The fraction of sp³-hybridized carbons (Fsp3) is 0.222. The first kappa shape index (κ1) is 16.6. The zero-order valence-electron chi connectivity index (χ0n) is 14.5. The van der Waals surface area contributed by atoms with Gasteiger partial charge in [0.15, 0.2) is 5.82 Å². The van der Waals surface area contributed by atoms with Crippen molar-refractivity contribution < 1.29 is 9.32 Å². The quantitative estimate of drug-likeness (QED) is 0.754. The van der Waals surface area contributed by atoms with E-state index in [1.807, 2.05) is 32.0 Å². The second-order valence-corrected chi connectivity index (χ2v) is 5.84. The average molecular weight is 337 g/mol. The van der Waals surface area contributed by atoms with Crippen LogP contribution in [0.15, 0.2) is 34.9 Å². The molecular formula is C18H19N5O2. The Morgan fingerprint density at radius 1 is 1.04 bits per heavy atom. The smallest absolute Gasteiger partial charge is 0.274 e. The van der Waals surface area contributed by atoms with Crippen molar-refractivity contribution >= 4 is 23.2 Å². The maximum atomic E-state index is 12.6. The van der Waals surface area contributed by atoms with Crippen molar-refractivity contribution in [1.29, 1.82) is 0 Å². The van der Waals surface area contributed by atoms with E-state index in [2.05, 4.69) is 25.8 Å². The van der Waals surface area contributed by atoms with Crippen molar-refractivity contribution in [2.24, 2.45) is 0 Å². The van der Waals surface area contributed by atoms with Crippen LogP contribution in [-0.2, 0) is 0 Å². The molecule has 0 fully saturated rings. The molecule has 0 atom stereocenters. The standard InChI is InChI=1S/C18H19N5O2/c1-10-6-5-7-14(12(10)3)21-18(24)15-9-16(20-13(4)19-15)22-17-8-11(2)25-23-17/h5-9H,1-4H3,(H,21,24)(H,19,20,22,23). The van der Waals surface area contributed by atoms with Gasteiger partial charge >= 0.3 is 0 Å². The van der Waals surface area contributed by atoms with Gasteiger partial charge in [-0.1, -0.05) is 17.3 Å². The van der Waals surface area contributed by atoms with Gasteiger partial charge in [-0.2, -0.15) is 0 Å². The second kappa shape index (κ2) is 6.72. The Balaban J connectivity index is 1.84. The lowest BCUT2D eigenvalue weighted by Gasteiger charge is -2.11. The fourth-order valence-corrected chi connectivity index (χ4v) is 2.38. The van der Waals surface area contributed by atoms with Crippen LogP contribution in [0, 0.1) is 27.7 Å². The molecule has 0 spiro atoms. The molecule has 0 saturated heterocycles. The molecule has 0 aliphatic carbocycles. The van der Waals surface area contributed by atoms with Gasteiger partial charge in [-0.3, -0.25) is 4.79 Å². The third kappa shape index (κ3) is 3.82. The van der Waals surface area contributed by atoms with Crippen molar-refractivity contribution in [3.8, 4) is 0 Å². The Morgan fingerprint density at radius 3 is 2.56 bits per heavy atom. The molecule has 1 amide bonds. The molecule has 0 unspecified atom stereocenters. The lowest BCUT2D eigenvalue weighted by Crippen LogP contribution is -2.16. The van der Waals surface area contributed by atoms with E-state index in [4.69, 9.17) is 4.52 Å². The van der Waals surface area contributed by atoms with Gasteiger partial charge < -0.3 is 15.2 Å². The third-order valence-corrected chi connectivity index (χ3v) is 3.81. The minimum atomic E-state index is -0.293. The highest BCUT2D eigenvalue weighted by molar-refractivity contribution is 6.03. The second-order valence-electron chi connectivity index (χ2n) is 5.84. The van der Waals surface area contributed by atoms with Gasteiger partial charge in [-0.15, -0.1) is 0 Å². The zero-order valence-corrected chi connectivity index (χ0v) is 14.5. The van der Waals surface area contributed by atoms with Crippen LogP contribution in [0.4, 0.5) is 17.3 Å². The molecule has 2 aromatic heterocycles. The van der Waals surface area contributed by atoms with Gasteiger partial charge in [0.05, 0.1) is 0 Å². The van der Waals surface area contributed by atoms with Crippen LogP contribution < -0.4 is 10.6 Å². The first-order valence-electron chi connectivity index (χ1n) is 7.86. The highest BCUT2D eigenvalue weighted by atomic mass is 16.5. The van der Waals surface area contributed by atoms with E-state index < -0.39 is 0 Å². The lowest BCUT2D eigenvalue weighted by atomic mass is 10.1. The van der Waals surface area contributed by atoms with Gasteiger partial charge in [0.1, 0.15) is 23.1 Å². The zero-order chi connectivity index (χ0) is 18.0. The molecule has 128 valence electrons. The summed E-state index contributed by atoms with van der Waals surface area (Å²) in [5.74, 6) is 1.87. The summed E-state index contributed by atoms with van der Waals surface area (Å²) in [4.78, 5) is 21.1. The van der Waals surface area contributed by atoms with E-state index in [0.717, 1.165) is 16.8 Å². The minimum Gasteiger partial charge on any atom is -0.360 e. The maximum Gasteiger partial charge on any atom is 0.274 e. The number of carbonyl (C=O) groups is 1. The number of carbonyl (C=O) groups excluding carboxylic acids is 1. The number of hydrogen-bond acceptors (Lipinski definition) is 6. The molecule has 2 N–H and O–H groups in total. The van der Waals surface area contributed by atoms with E-state index in [1.165, 1.54) is 0 Å². The van der Waals surface area contributed by atoms with Crippen LogP contribution in [0.25, 0.3) is 0 Å². The predicted octanol–water partition coefficient (Wildman–Crippen LogP) is 3.69. The summed E-state index contributed by atoms with van der Waals surface area (Å²) in [6.07, 6.45) is 0. The molecule has 7 nitrogen and oxygen atoms in total. The number of rotatable bonds is 4. The Kier molecular flexibility index (Phi) is 4.47. The maximum absolute atomic E-state index is 12.6. The van der Waals surface area contributed by atoms with Crippen molar-refractivity contribution in [1.82, 2.24) is 15.1 Å². The summed E-state index contributed by atoms with van der Waals surface area (Å²) in [7, 11) is 0. The summed E-state index contributed by atoms with van der Waals surface area (Å²) >= 11 is 0. The number of hydrogen-bond donors (Lipinski definition) is 2. The highest BCUT2D eigenvalue weighted by Crippen LogP contribution is 2.20. The first-order valence-corrected chi connectivity index (χ1v) is 7.86. The summed E-state index contributed by atoms with van der Waals surface area (Å²) in [6, 6.07) is 9.10. The largest absolute Gasteiger partial charge is 0.360 e. The SMILES string of the molecule is Cc1nc(Nc2cc(C)on2)cc(C(=O)Nc2cccc(C)c2C)n1. The van der Waals surface area contributed by atoms with Gasteiger partial charge in [-0.25, -0.2) is 9.97 Å². The molecule has 0 aliphatic heterocycles. The predicted molar refractivity (Wildman–Crippen MR) is 95.2 cm³/mol. The molecule has 0 aliphatic rings. The monoisotopic (exact) mass is 337 g/mol. The van der Waals surface area contributed by atoms with E-state index in [0.29, 0.717) is 23.2 Å². The Morgan fingerprint density at radius 2 is 1.84 bits per heavy atom. The average Bonchev–Trinajstić information content (AvgIpc) is 2.96. The van der Waals surface area contributed by atoms with Crippen molar-refractivity contribution in [3.05, 3.63) is 58.7 Å². The number of nitrogens with one attached hydrogen (secondary N) is 2. The Labute approximate surface area is 145 Å². The van der Waals surface area contributed by atoms with Gasteiger partial charge in [0, 0.05) is 17.8 Å². The summed E-state index contributed by atoms with van der Waals surface area (Å²) in [5, 5.41) is 9.77. The van der Waals surface area contributed by atoms with Crippen molar-refractivity contribution in [2.75, 3.05) is 10.6 Å². The molecule has 0 bridgehead atoms. The first-order chi connectivity index (χ1) is 11.9. The molecule has 1 aromatic carbocycles. The third-order valence-electron chi connectivity index (χ3n) is 3.81.